The van der Waals surface area contributed by atoms with Crippen LogP contribution in [0.15, 0.2) is 0 Å². The highest BCUT2D eigenvalue weighted by Crippen LogP contribution is 2.57. The summed E-state index contributed by atoms with van der Waals surface area (Å²) in [5.74, 6) is 0. The first-order valence-corrected chi connectivity index (χ1v) is 5.44. The SMILES string of the molecule is CCC12CCC(CN)(CC1)CC2. The van der Waals surface area contributed by atoms with E-state index in [1.165, 1.54) is 44.9 Å². The van der Waals surface area contributed by atoms with Crippen molar-refractivity contribution in [3.63, 3.8) is 0 Å². The van der Waals surface area contributed by atoms with Crippen LogP contribution < -0.4 is 5.73 Å². The second-order valence-electron chi connectivity index (χ2n) is 5.06. The van der Waals surface area contributed by atoms with Crippen LogP contribution in [0.5, 0.6) is 0 Å². The first-order chi connectivity index (χ1) is 5.74. The van der Waals surface area contributed by atoms with Crippen LogP contribution in [0.25, 0.3) is 0 Å². The van der Waals surface area contributed by atoms with Crippen LogP contribution in [-0.2, 0) is 0 Å². The molecule has 0 aromatic rings. The lowest BCUT2D eigenvalue weighted by Crippen LogP contribution is -2.44. The molecule has 0 unspecified atom stereocenters. The molecule has 0 amide bonds. The fourth-order valence-corrected chi connectivity index (χ4v) is 3.18. The molecule has 0 aromatic heterocycles. The van der Waals surface area contributed by atoms with Crippen molar-refractivity contribution in [1.29, 1.82) is 0 Å². The van der Waals surface area contributed by atoms with E-state index in [4.69, 9.17) is 5.73 Å². The molecule has 3 aliphatic carbocycles. The molecule has 0 heterocycles. The second-order valence-corrected chi connectivity index (χ2v) is 5.06. The number of fused-ring (bicyclic) bond motifs is 3. The third-order valence-electron chi connectivity index (χ3n) is 4.74. The predicted molar refractivity (Wildman–Crippen MR) is 51.9 cm³/mol. The fourth-order valence-electron chi connectivity index (χ4n) is 3.18. The number of rotatable bonds is 2. The van der Waals surface area contributed by atoms with Gasteiger partial charge in [-0.05, 0) is 55.9 Å². The Hall–Kier alpha value is -0.0400. The normalized spacial score (nSPS) is 46.5. The van der Waals surface area contributed by atoms with Crippen LogP contribution in [-0.4, -0.2) is 6.54 Å². The number of hydrogen-bond donors (Lipinski definition) is 1. The molecule has 3 fully saturated rings. The highest BCUT2D eigenvalue weighted by Gasteiger charge is 2.46. The molecule has 12 heavy (non-hydrogen) atoms. The van der Waals surface area contributed by atoms with Gasteiger partial charge in [0.25, 0.3) is 0 Å². The van der Waals surface area contributed by atoms with E-state index in [9.17, 15) is 0 Å². The highest BCUT2D eigenvalue weighted by molar-refractivity contribution is 4.99. The summed E-state index contributed by atoms with van der Waals surface area (Å²) in [5, 5.41) is 0. The van der Waals surface area contributed by atoms with Gasteiger partial charge < -0.3 is 5.73 Å². The van der Waals surface area contributed by atoms with Gasteiger partial charge in [0.2, 0.25) is 0 Å². The van der Waals surface area contributed by atoms with Crippen LogP contribution in [0.3, 0.4) is 0 Å². The minimum absolute atomic E-state index is 0.580. The Balaban J connectivity index is 2.09. The quantitative estimate of drug-likeness (QED) is 0.672. The van der Waals surface area contributed by atoms with Crippen molar-refractivity contribution in [2.75, 3.05) is 6.54 Å². The standard InChI is InChI=1S/C11H21N/c1-2-10-3-6-11(9-12,7-4-10)8-5-10/h2-9,12H2,1H3. The van der Waals surface area contributed by atoms with E-state index in [0.717, 1.165) is 12.0 Å². The molecular weight excluding hydrogens is 146 g/mol. The van der Waals surface area contributed by atoms with Crippen molar-refractivity contribution in [2.45, 2.75) is 51.9 Å². The molecular formula is C11H21N. The Kier molecular flexibility index (Phi) is 1.95. The summed E-state index contributed by atoms with van der Waals surface area (Å²) in [6, 6.07) is 0. The van der Waals surface area contributed by atoms with Gasteiger partial charge in [0.1, 0.15) is 0 Å². The third-order valence-corrected chi connectivity index (χ3v) is 4.74. The average molecular weight is 167 g/mol. The zero-order valence-electron chi connectivity index (χ0n) is 8.23. The van der Waals surface area contributed by atoms with Gasteiger partial charge in [0, 0.05) is 0 Å². The minimum atomic E-state index is 0.580. The minimum Gasteiger partial charge on any atom is -0.330 e. The van der Waals surface area contributed by atoms with E-state index in [-0.39, 0.29) is 0 Å². The van der Waals surface area contributed by atoms with Gasteiger partial charge in [-0.1, -0.05) is 13.3 Å². The smallest absolute Gasteiger partial charge is 0.00205 e. The van der Waals surface area contributed by atoms with Gasteiger partial charge >= 0.3 is 0 Å². The largest absolute Gasteiger partial charge is 0.330 e. The van der Waals surface area contributed by atoms with E-state index in [1.807, 2.05) is 0 Å². The summed E-state index contributed by atoms with van der Waals surface area (Å²) >= 11 is 0. The van der Waals surface area contributed by atoms with Gasteiger partial charge in [-0.15, -0.1) is 0 Å². The lowest BCUT2D eigenvalue weighted by atomic mass is 9.53. The van der Waals surface area contributed by atoms with Gasteiger partial charge in [0.15, 0.2) is 0 Å². The van der Waals surface area contributed by atoms with E-state index in [1.54, 1.807) is 0 Å². The Morgan fingerprint density at radius 1 is 0.917 bits per heavy atom. The van der Waals surface area contributed by atoms with Gasteiger partial charge in [-0.25, -0.2) is 0 Å². The molecule has 0 radical (unpaired) electrons. The summed E-state index contributed by atoms with van der Waals surface area (Å²) in [7, 11) is 0. The molecule has 0 spiro atoms. The molecule has 3 aliphatic rings. The molecule has 2 bridgehead atoms. The molecule has 3 rings (SSSR count). The summed E-state index contributed by atoms with van der Waals surface area (Å²) in [4.78, 5) is 0. The molecule has 70 valence electrons. The van der Waals surface area contributed by atoms with E-state index in [0.29, 0.717) is 5.41 Å². The lowest BCUT2D eigenvalue weighted by Gasteiger charge is -2.53. The zero-order valence-corrected chi connectivity index (χ0v) is 8.23. The van der Waals surface area contributed by atoms with Crippen molar-refractivity contribution in [3.8, 4) is 0 Å². The van der Waals surface area contributed by atoms with Crippen LogP contribution in [0, 0.1) is 10.8 Å². The Labute approximate surface area is 75.7 Å². The molecule has 3 saturated carbocycles. The average Bonchev–Trinajstić information content (AvgIpc) is 2.21. The zero-order chi connectivity index (χ0) is 8.66. The van der Waals surface area contributed by atoms with E-state index < -0.39 is 0 Å². The van der Waals surface area contributed by atoms with Crippen LogP contribution in [0.4, 0.5) is 0 Å². The fraction of sp³-hybridized carbons (Fsp3) is 1.00. The van der Waals surface area contributed by atoms with Crippen LogP contribution in [0.1, 0.15) is 51.9 Å². The monoisotopic (exact) mass is 167 g/mol. The van der Waals surface area contributed by atoms with Crippen molar-refractivity contribution in [2.24, 2.45) is 16.6 Å². The van der Waals surface area contributed by atoms with Gasteiger partial charge in [-0.2, -0.15) is 0 Å². The lowest BCUT2D eigenvalue weighted by molar-refractivity contribution is -0.00532. The molecule has 0 aliphatic heterocycles. The highest BCUT2D eigenvalue weighted by atomic mass is 14.6. The summed E-state index contributed by atoms with van der Waals surface area (Å²) < 4.78 is 0. The predicted octanol–water partition coefficient (Wildman–Crippen LogP) is 2.70. The third kappa shape index (κ3) is 1.10. The number of hydrogen-bond acceptors (Lipinski definition) is 1. The molecule has 0 aromatic carbocycles. The maximum atomic E-state index is 5.86. The molecule has 0 saturated heterocycles. The van der Waals surface area contributed by atoms with E-state index >= 15 is 0 Å². The van der Waals surface area contributed by atoms with Crippen molar-refractivity contribution in [1.82, 2.24) is 0 Å². The summed E-state index contributed by atoms with van der Waals surface area (Å²) in [6.45, 7) is 3.30. The first kappa shape index (κ1) is 8.55. The van der Waals surface area contributed by atoms with Gasteiger partial charge in [0.05, 0.1) is 0 Å². The molecule has 0 atom stereocenters. The van der Waals surface area contributed by atoms with Crippen molar-refractivity contribution >= 4 is 0 Å². The maximum Gasteiger partial charge on any atom is -0.00205 e. The van der Waals surface area contributed by atoms with Crippen LogP contribution >= 0.6 is 0 Å². The second kappa shape index (κ2) is 2.73. The van der Waals surface area contributed by atoms with Crippen LogP contribution in [0.2, 0.25) is 0 Å². The van der Waals surface area contributed by atoms with Crippen molar-refractivity contribution in [3.05, 3.63) is 0 Å². The molecule has 1 heteroatoms. The molecule has 2 N–H and O–H groups in total. The summed E-state index contributed by atoms with van der Waals surface area (Å²) in [5.41, 5.74) is 7.19. The topological polar surface area (TPSA) is 26.0 Å². The Bertz CT molecular complexity index is 129. The van der Waals surface area contributed by atoms with Gasteiger partial charge in [-0.3, -0.25) is 0 Å². The van der Waals surface area contributed by atoms with Crippen molar-refractivity contribution < 1.29 is 0 Å². The first-order valence-electron chi connectivity index (χ1n) is 5.44. The Morgan fingerprint density at radius 3 is 1.67 bits per heavy atom. The number of nitrogens with two attached hydrogens (primary N) is 1. The summed E-state index contributed by atoms with van der Waals surface area (Å²) in [6.07, 6.45) is 10.0. The Morgan fingerprint density at radius 2 is 1.33 bits per heavy atom. The maximum absolute atomic E-state index is 5.86. The molecule has 1 nitrogen and oxygen atoms in total. The van der Waals surface area contributed by atoms with E-state index in [2.05, 4.69) is 6.92 Å².